The molecule has 0 amide bonds. The van der Waals surface area contributed by atoms with E-state index in [1.165, 1.54) is 16.7 Å². The minimum Gasteiger partial charge on any atom is -0.382 e. The molecule has 0 aliphatic carbocycles. The Bertz CT molecular complexity index is 1200. The second kappa shape index (κ2) is 7.96. The van der Waals surface area contributed by atoms with E-state index in [0.717, 1.165) is 12.1 Å². The molecule has 0 radical (unpaired) electrons. The van der Waals surface area contributed by atoms with Crippen LogP contribution in [0.2, 0.25) is 5.15 Å². The van der Waals surface area contributed by atoms with Crippen LogP contribution in [0, 0.1) is 23.1 Å². The first kappa shape index (κ1) is 20.2. The third-order valence-corrected chi connectivity index (χ3v) is 5.92. The number of fused-ring (bicyclic) bond motifs is 1. The van der Waals surface area contributed by atoms with Crippen molar-refractivity contribution in [2.75, 3.05) is 23.3 Å². The van der Waals surface area contributed by atoms with Crippen LogP contribution >= 0.6 is 11.6 Å². The summed E-state index contributed by atoms with van der Waals surface area (Å²) in [5.41, 5.74) is 2.34. The van der Waals surface area contributed by atoms with E-state index >= 15 is 0 Å². The summed E-state index contributed by atoms with van der Waals surface area (Å²) in [6.45, 7) is 3.40. The van der Waals surface area contributed by atoms with Crippen LogP contribution in [0.3, 0.4) is 0 Å². The molecule has 0 spiro atoms. The molecule has 3 heterocycles. The van der Waals surface area contributed by atoms with Crippen LogP contribution in [0.4, 0.5) is 15.8 Å². The second-order valence-electron chi connectivity index (χ2n) is 7.67. The molecular weight excluding hydrogens is 405 g/mol. The number of nitrogens with one attached hydrogen (secondary N) is 1. The zero-order valence-electron chi connectivity index (χ0n) is 16.7. The van der Waals surface area contributed by atoms with Gasteiger partial charge in [-0.2, -0.15) is 5.26 Å². The van der Waals surface area contributed by atoms with Gasteiger partial charge in [-0.25, -0.2) is 9.37 Å². The molecule has 2 aromatic heterocycles. The number of anilines is 2. The van der Waals surface area contributed by atoms with Gasteiger partial charge in [0.05, 0.1) is 11.2 Å². The Balaban J connectivity index is 1.68. The van der Waals surface area contributed by atoms with Gasteiger partial charge in [0.25, 0.3) is 5.56 Å². The van der Waals surface area contributed by atoms with Gasteiger partial charge in [0.15, 0.2) is 0 Å². The number of hydrogen-bond donors (Lipinski definition) is 1. The molecule has 154 valence electrons. The Morgan fingerprint density at radius 2 is 2.00 bits per heavy atom. The second-order valence-corrected chi connectivity index (χ2v) is 8.06. The lowest BCUT2D eigenvalue weighted by Crippen LogP contribution is -2.46. The lowest BCUT2D eigenvalue weighted by Gasteiger charge is -2.39. The molecule has 1 fully saturated rings. The average molecular weight is 426 g/mol. The van der Waals surface area contributed by atoms with Gasteiger partial charge in [0, 0.05) is 31.9 Å². The minimum atomic E-state index is -0.344. The standard InChI is InChI=1S/C22H21ClFN5O/c1-13-12-29(10-9-17(13)26-15-5-3-14(24)4-6-15)21-16(11-25)22(30)28(2)18-7-8-19(23)27-20(18)21/h3-8,13,17,26H,9-10,12H2,1-2H3/t13-,17+/m0/s1. The van der Waals surface area contributed by atoms with Crippen LogP contribution < -0.4 is 15.8 Å². The fraction of sp³-hybridized carbons (Fsp3) is 0.318. The van der Waals surface area contributed by atoms with E-state index < -0.39 is 0 Å². The highest BCUT2D eigenvalue weighted by Gasteiger charge is 2.30. The van der Waals surface area contributed by atoms with Gasteiger partial charge in [-0.1, -0.05) is 18.5 Å². The summed E-state index contributed by atoms with van der Waals surface area (Å²) in [5.74, 6) is -0.0511. The fourth-order valence-electron chi connectivity index (χ4n) is 4.10. The van der Waals surface area contributed by atoms with Crippen LogP contribution in [-0.4, -0.2) is 28.7 Å². The van der Waals surface area contributed by atoms with Crippen molar-refractivity contribution in [1.82, 2.24) is 9.55 Å². The molecule has 1 saturated heterocycles. The van der Waals surface area contributed by atoms with E-state index in [2.05, 4.69) is 28.2 Å². The molecule has 1 aliphatic rings. The number of aromatic nitrogens is 2. The van der Waals surface area contributed by atoms with Gasteiger partial charge in [-0.15, -0.1) is 0 Å². The number of benzene rings is 1. The Morgan fingerprint density at radius 3 is 2.67 bits per heavy atom. The molecule has 1 N–H and O–H groups in total. The Kier molecular flexibility index (Phi) is 5.35. The maximum Gasteiger partial charge on any atom is 0.270 e. The smallest absolute Gasteiger partial charge is 0.270 e. The largest absolute Gasteiger partial charge is 0.382 e. The lowest BCUT2D eigenvalue weighted by atomic mass is 9.92. The molecule has 6 nitrogen and oxygen atoms in total. The predicted octanol–water partition coefficient (Wildman–Crippen LogP) is 3.92. The van der Waals surface area contributed by atoms with Crippen LogP contribution in [-0.2, 0) is 7.05 Å². The van der Waals surface area contributed by atoms with Gasteiger partial charge in [0.1, 0.15) is 28.1 Å². The molecule has 0 bridgehead atoms. The van der Waals surface area contributed by atoms with Gasteiger partial charge >= 0.3 is 0 Å². The fourth-order valence-corrected chi connectivity index (χ4v) is 4.25. The van der Waals surface area contributed by atoms with Crippen molar-refractivity contribution in [2.45, 2.75) is 19.4 Å². The average Bonchev–Trinajstić information content (AvgIpc) is 2.73. The number of nitriles is 1. The van der Waals surface area contributed by atoms with Crippen molar-refractivity contribution in [3.05, 3.63) is 63.3 Å². The molecule has 2 atom stereocenters. The maximum atomic E-state index is 13.2. The highest BCUT2D eigenvalue weighted by Crippen LogP contribution is 2.32. The highest BCUT2D eigenvalue weighted by molar-refractivity contribution is 6.29. The number of nitrogens with zero attached hydrogens (tertiary/aromatic N) is 4. The minimum absolute atomic E-state index is 0.0805. The van der Waals surface area contributed by atoms with Gasteiger partial charge in [-0.05, 0) is 48.7 Å². The van der Waals surface area contributed by atoms with Crippen LogP contribution in [0.25, 0.3) is 11.0 Å². The number of pyridine rings is 2. The highest BCUT2D eigenvalue weighted by atomic mass is 35.5. The first-order valence-corrected chi connectivity index (χ1v) is 10.1. The van der Waals surface area contributed by atoms with E-state index in [1.54, 1.807) is 31.3 Å². The van der Waals surface area contributed by atoms with Gasteiger partial charge < -0.3 is 14.8 Å². The first-order valence-electron chi connectivity index (χ1n) is 9.75. The topological polar surface area (TPSA) is 74.0 Å². The summed E-state index contributed by atoms with van der Waals surface area (Å²) in [5, 5.41) is 13.5. The number of hydrogen-bond acceptors (Lipinski definition) is 5. The summed E-state index contributed by atoms with van der Waals surface area (Å²) in [6.07, 6.45) is 0.792. The number of piperidine rings is 1. The zero-order valence-corrected chi connectivity index (χ0v) is 17.4. The van der Waals surface area contributed by atoms with Crippen LogP contribution in [0.1, 0.15) is 18.9 Å². The Morgan fingerprint density at radius 1 is 1.27 bits per heavy atom. The molecule has 0 unspecified atom stereocenters. The SMILES string of the molecule is C[C@H]1CN(c2c(C#N)c(=O)n(C)c3ccc(Cl)nc23)CC[C@H]1Nc1ccc(F)cc1. The molecule has 1 aromatic carbocycles. The summed E-state index contributed by atoms with van der Waals surface area (Å²) >= 11 is 6.13. The summed E-state index contributed by atoms with van der Waals surface area (Å²) in [6, 6.07) is 12.0. The van der Waals surface area contributed by atoms with E-state index in [-0.39, 0.29) is 28.9 Å². The monoisotopic (exact) mass is 425 g/mol. The van der Waals surface area contributed by atoms with Gasteiger partial charge in [0.2, 0.25) is 0 Å². The van der Waals surface area contributed by atoms with Gasteiger partial charge in [-0.3, -0.25) is 4.79 Å². The van der Waals surface area contributed by atoms with E-state index in [9.17, 15) is 14.4 Å². The molecule has 8 heteroatoms. The van der Waals surface area contributed by atoms with Crippen molar-refractivity contribution < 1.29 is 4.39 Å². The van der Waals surface area contributed by atoms with Crippen molar-refractivity contribution in [3.63, 3.8) is 0 Å². The quantitative estimate of drug-likeness (QED) is 0.644. The van der Waals surface area contributed by atoms with E-state index in [4.69, 9.17) is 11.6 Å². The van der Waals surface area contributed by atoms with Crippen molar-refractivity contribution in [2.24, 2.45) is 13.0 Å². The molecule has 3 aromatic rings. The van der Waals surface area contributed by atoms with Crippen LogP contribution in [0.5, 0.6) is 0 Å². The van der Waals surface area contributed by atoms with Crippen molar-refractivity contribution in [1.29, 1.82) is 5.26 Å². The normalized spacial score (nSPS) is 19.0. The third kappa shape index (κ3) is 3.59. The summed E-state index contributed by atoms with van der Waals surface area (Å²) in [4.78, 5) is 19.3. The molecular formula is C22H21ClFN5O. The lowest BCUT2D eigenvalue weighted by molar-refractivity contribution is 0.404. The van der Waals surface area contributed by atoms with Crippen LogP contribution in [0.15, 0.2) is 41.2 Å². The van der Waals surface area contributed by atoms with E-state index in [1.807, 2.05) is 0 Å². The summed E-state index contributed by atoms with van der Waals surface area (Å²) < 4.78 is 14.6. The van der Waals surface area contributed by atoms with E-state index in [0.29, 0.717) is 35.0 Å². The number of rotatable bonds is 3. The Hall–Kier alpha value is -3.11. The number of aryl methyl sites for hydroxylation is 1. The predicted molar refractivity (Wildman–Crippen MR) is 117 cm³/mol. The maximum absolute atomic E-state index is 13.2. The summed E-state index contributed by atoms with van der Waals surface area (Å²) in [7, 11) is 1.63. The molecule has 1 aliphatic heterocycles. The molecule has 4 rings (SSSR count). The molecule has 0 saturated carbocycles. The first-order chi connectivity index (χ1) is 14.4. The van der Waals surface area contributed by atoms with Crippen molar-refractivity contribution in [3.8, 4) is 6.07 Å². The molecule has 30 heavy (non-hydrogen) atoms. The number of halogens is 2. The van der Waals surface area contributed by atoms with Crippen molar-refractivity contribution >= 4 is 34.0 Å². The zero-order chi connectivity index (χ0) is 21.4. The Labute approximate surface area is 178 Å². The third-order valence-electron chi connectivity index (χ3n) is 5.71.